The van der Waals surface area contributed by atoms with Crippen LogP contribution >= 0.6 is 15.9 Å². The number of carboxylic acid groups (broad SMARTS) is 1. The molecule has 32 nitrogen and oxygen atoms in total. The first kappa shape index (κ1) is 83.8. The SMILES string of the molecule is C1COCCN1.CC(C)(C)OC(=O)N1C[C@@H]2C[C@H]1CN2.CC(C)(C)OC(=O)N1C[C@@H]2C[C@H]1CN2CC(=O)N1CCOCC1.CC(C)(C)OC(=O)N1C[C@@H]2C[C@H]1CN2CC(=O)O.COC(=O)CBr.COC(=O)CN1C[C@@H]2C[C@H]1CN2C(=O)OC(C)(C)C.O=C(CN1C[C@@H]2C[C@H]1CN2)N1CCOCC1. The lowest BCUT2D eigenvalue weighted by Crippen LogP contribution is -2.53. The molecule has 0 aromatic carbocycles. The summed E-state index contributed by atoms with van der Waals surface area (Å²) >= 11 is 2.90. The van der Waals surface area contributed by atoms with Crippen LogP contribution in [-0.4, -0.2) is 381 Å². The number of likely N-dealkylation sites (tertiary alicyclic amines) is 8. The molecule has 0 unspecified atom stereocenters. The van der Waals surface area contributed by atoms with Crippen LogP contribution in [0.3, 0.4) is 0 Å². The summed E-state index contributed by atoms with van der Waals surface area (Å²) in [6.07, 6.45) is 4.08. The Hall–Kier alpha value is -5.49. The summed E-state index contributed by atoms with van der Waals surface area (Å²) in [4.78, 5) is 124. The third-order valence-corrected chi connectivity index (χ3v) is 19.7. The Labute approximate surface area is 611 Å². The molecule has 6 amide bonds. The summed E-state index contributed by atoms with van der Waals surface area (Å²) in [5.41, 5.74) is -1.80. The van der Waals surface area contributed by atoms with Crippen molar-refractivity contribution < 1.29 is 90.9 Å². The third-order valence-electron chi connectivity index (χ3n) is 19.3. The van der Waals surface area contributed by atoms with Crippen molar-refractivity contribution in [1.82, 2.24) is 64.9 Å². The summed E-state index contributed by atoms with van der Waals surface area (Å²) in [5.74, 6) is -0.835. The van der Waals surface area contributed by atoms with Gasteiger partial charge >= 0.3 is 42.3 Å². The number of amides is 6. The number of esters is 2. The smallest absolute Gasteiger partial charge is 0.410 e. The third kappa shape index (κ3) is 26.5. The van der Waals surface area contributed by atoms with Crippen LogP contribution in [0.5, 0.6) is 0 Å². The first-order valence-corrected chi connectivity index (χ1v) is 37.4. The van der Waals surface area contributed by atoms with E-state index < -0.39 is 22.8 Å². The highest BCUT2D eigenvalue weighted by molar-refractivity contribution is 9.09. The molecule has 10 bridgehead atoms. The number of carboxylic acids is 1. The summed E-state index contributed by atoms with van der Waals surface area (Å²) in [7, 11) is 2.74. The fourth-order valence-electron chi connectivity index (χ4n) is 14.6. The average molecular weight is 1520 g/mol. The van der Waals surface area contributed by atoms with Crippen molar-refractivity contribution in [3.63, 3.8) is 0 Å². The number of hydrogen-bond acceptors (Lipinski definition) is 25. The molecule has 0 saturated carbocycles. The van der Waals surface area contributed by atoms with Crippen molar-refractivity contribution in [2.45, 2.75) is 198 Å². The van der Waals surface area contributed by atoms with E-state index >= 15 is 0 Å². The van der Waals surface area contributed by atoms with Crippen LogP contribution in [0.1, 0.15) is 115 Å². The maximum Gasteiger partial charge on any atom is 0.410 e. The van der Waals surface area contributed by atoms with Gasteiger partial charge in [0.25, 0.3) is 0 Å². The van der Waals surface area contributed by atoms with Gasteiger partial charge in [0, 0.05) is 165 Å². The minimum Gasteiger partial charge on any atom is -0.480 e. The van der Waals surface area contributed by atoms with Crippen molar-refractivity contribution >= 4 is 70.0 Å². The number of alkyl halides is 1. The molecule has 33 heteroatoms. The van der Waals surface area contributed by atoms with Crippen LogP contribution in [0.25, 0.3) is 0 Å². The zero-order valence-corrected chi connectivity index (χ0v) is 64.6. The molecule has 13 aliphatic rings. The molecule has 0 radical (unpaired) electrons. The quantitative estimate of drug-likeness (QED) is 0.146. The molecule has 582 valence electrons. The number of rotatable bonds is 9. The Morgan fingerprint density at radius 1 is 0.402 bits per heavy atom. The topological polar surface area (TPSA) is 325 Å². The minimum atomic E-state index is -0.814. The molecule has 13 saturated heterocycles. The second kappa shape index (κ2) is 38.2. The number of nitrogens with one attached hydrogen (secondary N) is 3. The first-order valence-electron chi connectivity index (χ1n) is 36.3. The Morgan fingerprint density at radius 3 is 0.990 bits per heavy atom. The van der Waals surface area contributed by atoms with E-state index in [0.717, 1.165) is 104 Å². The summed E-state index contributed by atoms with van der Waals surface area (Å²) in [5, 5.41) is 19.0. The Balaban J connectivity index is 0.000000173. The van der Waals surface area contributed by atoms with Crippen LogP contribution in [0, 0.1) is 0 Å². The highest BCUT2D eigenvalue weighted by Crippen LogP contribution is 2.35. The molecule has 13 rings (SSSR count). The minimum absolute atomic E-state index is 0.0589. The molecule has 13 aliphatic heterocycles. The van der Waals surface area contributed by atoms with E-state index in [1.54, 1.807) is 9.80 Å². The zero-order valence-electron chi connectivity index (χ0n) is 63.0. The highest BCUT2D eigenvalue weighted by Gasteiger charge is 2.50. The normalized spacial score (nSPS) is 27.8. The van der Waals surface area contributed by atoms with Gasteiger partial charge < -0.3 is 93.1 Å². The van der Waals surface area contributed by atoms with E-state index in [2.05, 4.69) is 56.1 Å². The van der Waals surface area contributed by atoms with Gasteiger partial charge in [0.2, 0.25) is 11.8 Å². The molecule has 102 heavy (non-hydrogen) atoms. The number of methoxy groups -OCH3 is 2. The number of ether oxygens (including phenoxy) is 9. The van der Waals surface area contributed by atoms with E-state index in [0.29, 0.717) is 109 Å². The van der Waals surface area contributed by atoms with Crippen LogP contribution in [0.4, 0.5) is 19.2 Å². The number of nitrogens with zero attached hydrogens (tertiary/aromatic N) is 10. The molecule has 13 heterocycles. The number of carbonyl (C=O) groups excluding carboxylic acids is 8. The van der Waals surface area contributed by atoms with E-state index in [1.807, 2.05) is 108 Å². The average Bonchev–Trinajstić information content (AvgIpc) is 1.64. The number of morpholine rings is 3. The maximum absolute atomic E-state index is 12.4. The first-order chi connectivity index (χ1) is 48.0. The van der Waals surface area contributed by atoms with Gasteiger partial charge in [-0.2, -0.15) is 0 Å². The van der Waals surface area contributed by atoms with Gasteiger partial charge in [-0.1, -0.05) is 15.9 Å². The number of fused-ring (bicyclic) bond motifs is 10. The van der Waals surface area contributed by atoms with Gasteiger partial charge in [-0.3, -0.25) is 43.6 Å². The predicted octanol–water partition coefficient (Wildman–Crippen LogP) is 2.18. The fraction of sp³-hybridized carbons (Fsp3) is 0.870. The fourth-order valence-corrected chi connectivity index (χ4v) is 14.8. The van der Waals surface area contributed by atoms with E-state index in [4.69, 9.17) is 38.3 Å². The molecule has 4 N–H and O–H groups in total. The van der Waals surface area contributed by atoms with Crippen molar-refractivity contribution in [2.24, 2.45) is 0 Å². The molecule has 0 spiro atoms. The predicted molar refractivity (Wildman–Crippen MR) is 379 cm³/mol. The molecular weight excluding hydrogens is 1390 g/mol. The van der Waals surface area contributed by atoms with Gasteiger partial charge in [0.05, 0.1) is 80.0 Å². The Kier molecular flexibility index (Phi) is 31.3. The lowest BCUT2D eigenvalue weighted by molar-refractivity contribution is -0.142. The number of aliphatic carboxylic acids is 1. The Morgan fingerprint density at radius 2 is 0.735 bits per heavy atom. The second-order valence-corrected chi connectivity index (χ2v) is 32.5. The maximum atomic E-state index is 12.4. The van der Waals surface area contributed by atoms with E-state index in [9.17, 15) is 43.2 Å². The van der Waals surface area contributed by atoms with Crippen LogP contribution in [-0.2, 0) is 66.6 Å². The van der Waals surface area contributed by atoms with Crippen molar-refractivity contribution in [3.05, 3.63) is 0 Å². The zero-order chi connectivity index (χ0) is 74.9. The van der Waals surface area contributed by atoms with Gasteiger partial charge in [-0.25, -0.2) is 19.2 Å². The summed E-state index contributed by atoms with van der Waals surface area (Å²) < 4.78 is 46.0. The summed E-state index contributed by atoms with van der Waals surface area (Å²) in [6.45, 7) is 41.1. The molecule has 10 atom stereocenters. The highest BCUT2D eigenvalue weighted by atomic mass is 79.9. The van der Waals surface area contributed by atoms with Crippen LogP contribution in [0.15, 0.2) is 0 Å². The largest absolute Gasteiger partial charge is 0.480 e. The number of piperazine rings is 5. The molecule has 13 fully saturated rings. The van der Waals surface area contributed by atoms with Gasteiger partial charge in [0.15, 0.2) is 0 Å². The monoisotopic (exact) mass is 1510 g/mol. The molecule has 0 aliphatic carbocycles. The number of hydrogen-bond donors (Lipinski definition) is 4. The van der Waals surface area contributed by atoms with Crippen LogP contribution < -0.4 is 16.0 Å². The van der Waals surface area contributed by atoms with E-state index in [-0.39, 0.29) is 102 Å². The van der Waals surface area contributed by atoms with E-state index in [1.165, 1.54) is 20.6 Å². The number of halogens is 1. The molecule has 0 aromatic heterocycles. The molecule has 0 aromatic rings. The summed E-state index contributed by atoms with van der Waals surface area (Å²) in [6, 6.07) is 3.19. The van der Waals surface area contributed by atoms with Gasteiger partial charge in [-0.15, -0.1) is 0 Å². The number of carbonyl (C=O) groups is 9. The van der Waals surface area contributed by atoms with Gasteiger partial charge in [-0.05, 0) is 115 Å². The second-order valence-electron chi connectivity index (χ2n) is 31.9. The standard InChI is InChI=1S/C16H27N3O4.C13H22N2O4.C12H20N2O4.C11H19N3O2.C10H18N2O2.C4H9NO.C3H5BrO2/c1-16(2,3)23-15(21)19-10-12-8-13(19)9-18(12)11-14(20)17-4-6-22-7-5-17;1-13(2,3)19-12(17)15-7-9-5-10(15)6-14(9)8-11(16)18-4;1-12(2,3)18-11(17)14-6-8-4-9(14)5-13(8)7-10(15)16;15-11(13-1-3-16-4-2-13)8-14-7-9-5-10(14)6-12-9;1-10(2,3)14-9(13)12-6-7-4-8(12)5-11-7;1-3-6-4-2-5-1;1-6-3(5)2-4/h12-13H,4-11H2,1-3H3;9-10H,5-8H2,1-4H3;8-9H,4-7H2,1-3H3,(H,15,16);9-10,12H,1-8H2;7-8,11H,4-6H2,1-3H3;5H,1-4H2;2H2,1H3/t12-,13-;9-,10-;8-,9-;9-,10-;7-,8-;;/m00000../s1. The Bertz CT molecular complexity index is 2760. The lowest BCUT2D eigenvalue weighted by Gasteiger charge is -2.36. The van der Waals surface area contributed by atoms with Crippen molar-refractivity contribution in [3.8, 4) is 0 Å². The van der Waals surface area contributed by atoms with Crippen LogP contribution in [0.2, 0.25) is 0 Å². The van der Waals surface area contributed by atoms with Crippen molar-refractivity contribution in [2.75, 3.05) is 190 Å². The molecular formula is C69H120BrN13O19. The lowest BCUT2D eigenvalue weighted by atomic mass is 10.2. The van der Waals surface area contributed by atoms with Crippen molar-refractivity contribution in [1.29, 1.82) is 0 Å². The van der Waals surface area contributed by atoms with Gasteiger partial charge in [0.1, 0.15) is 27.7 Å².